The Morgan fingerprint density at radius 2 is 1.45 bits per heavy atom. The van der Waals surface area contributed by atoms with Gasteiger partial charge in [0.05, 0.1) is 17.0 Å². The molecule has 0 spiro atoms. The lowest BCUT2D eigenvalue weighted by Crippen LogP contribution is -2.26. The van der Waals surface area contributed by atoms with Crippen LogP contribution in [0.1, 0.15) is 31.8 Å². The van der Waals surface area contributed by atoms with Crippen LogP contribution in [0.5, 0.6) is 0 Å². The van der Waals surface area contributed by atoms with Crippen molar-refractivity contribution in [2.24, 2.45) is 11.8 Å². The molecule has 0 bridgehead atoms. The third-order valence-electron chi connectivity index (χ3n) is 4.28. The molecule has 0 saturated carbocycles. The molecule has 2 atom stereocenters. The molecule has 1 aromatic rings. The van der Waals surface area contributed by atoms with Crippen LogP contribution in [0.2, 0.25) is 0 Å². The molecule has 0 amide bonds. The molecule has 0 N–H and O–H groups in total. The second-order valence-corrected chi connectivity index (χ2v) is 5.35. The van der Waals surface area contributed by atoms with Gasteiger partial charge in [0.25, 0.3) is 0 Å². The van der Waals surface area contributed by atoms with Gasteiger partial charge < -0.3 is 9.47 Å². The molecule has 1 aliphatic carbocycles. The number of hydrogen-bond acceptors (Lipinski definition) is 5. The number of ether oxygens (including phenoxy) is 2. The van der Waals surface area contributed by atoms with Crippen molar-refractivity contribution in [1.29, 1.82) is 0 Å². The molecule has 3 aliphatic rings. The van der Waals surface area contributed by atoms with Crippen molar-refractivity contribution in [2.45, 2.75) is 12.8 Å². The Bertz CT molecular complexity index is 656. The van der Waals surface area contributed by atoms with Gasteiger partial charge in [0.2, 0.25) is 0 Å². The number of fused-ring (bicyclic) bond motifs is 3. The Morgan fingerprint density at radius 3 is 2.05 bits per heavy atom. The molecule has 1 saturated heterocycles. The van der Waals surface area contributed by atoms with Crippen LogP contribution in [0.4, 0.5) is 0 Å². The molecule has 0 aromatic heterocycles. The first kappa shape index (κ1) is 11.4. The molecular formula is C15H10O5. The number of carbonyl (C=O) groups excluding carboxylic acids is 3. The Morgan fingerprint density at radius 1 is 0.900 bits per heavy atom. The molecule has 5 heteroatoms. The van der Waals surface area contributed by atoms with Crippen molar-refractivity contribution >= 4 is 17.9 Å². The van der Waals surface area contributed by atoms with Gasteiger partial charge in [-0.1, -0.05) is 6.58 Å². The van der Waals surface area contributed by atoms with E-state index < -0.39 is 11.9 Å². The number of benzene rings is 1. The first-order chi connectivity index (χ1) is 9.54. The van der Waals surface area contributed by atoms with E-state index in [-0.39, 0.29) is 23.4 Å². The molecule has 1 fully saturated rings. The van der Waals surface area contributed by atoms with Gasteiger partial charge in [0, 0.05) is 5.92 Å². The molecule has 100 valence electrons. The zero-order valence-electron chi connectivity index (χ0n) is 10.5. The predicted octanol–water partition coefficient (Wildman–Crippen LogP) is 1.40. The second kappa shape index (κ2) is 3.56. The van der Waals surface area contributed by atoms with Gasteiger partial charge in [-0.25, -0.2) is 9.59 Å². The summed E-state index contributed by atoms with van der Waals surface area (Å²) in [7, 11) is 0. The first-order valence-electron chi connectivity index (χ1n) is 6.37. The van der Waals surface area contributed by atoms with Gasteiger partial charge in [-0.05, 0) is 36.1 Å². The lowest BCUT2D eigenvalue weighted by molar-refractivity contribution is -0.139. The minimum atomic E-state index is -0.617. The number of carbonyl (C=O) groups is 3. The fourth-order valence-corrected chi connectivity index (χ4v) is 3.23. The van der Waals surface area contributed by atoms with Crippen LogP contribution in [0, 0.1) is 11.8 Å². The monoisotopic (exact) mass is 270 g/mol. The molecule has 2 heterocycles. The summed E-state index contributed by atoms with van der Waals surface area (Å²) < 4.78 is 9.69. The van der Waals surface area contributed by atoms with Crippen LogP contribution < -0.4 is 0 Å². The molecule has 5 nitrogen and oxygen atoms in total. The van der Waals surface area contributed by atoms with E-state index >= 15 is 0 Å². The summed E-state index contributed by atoms with van der Waals surface area (Å²) in [4.78, 5) is 34.9. The first-order valence-corrected chi connectivity index (χ1v) is 6.37. The lowest BCUT2D eigenvalue weighted by Gasteiger charge is -2.24. The molecule has 4 rings (SSSR count). The van der Waals surface area contributed by atoms with E-state index in [1.807, 2.05) is 0 Å². The molecule has 2 aliphatic heterocycles. The Kier molecular flexibility index (Phi) is 2.03. The Labute approximate surface area is 114 Å². The maximum atomic E-state index is 11.8. The minimum absolute atomic E-state index is 0.0406. The fraction of sp³-hybridized carbons (Fsp3) is 0.267. The van der Waals surface area contributed by atoms with E-state index in [2.05, 4.69) is 11.3 Å². The second-order valence-electron chi connectivity index (χ2n) is 5.35. The van der Waals surface area contributed by atoms with Gasteiger partial charge in [0.15, 0.2) is 0 Å². The number of hydrogen-bond donors (Lipinski definition) is 0. The van der Waals surface area contributed by atoms with Crippen molar-refractivity contribution in [3.05, 3.63) is 46.7 Å². The average molecular weight is 270 g/mol. The number of allylic oxidation sites excluding steroid dienone is 1. The summed E-state index contributed by atoms with van der Waals surface area (Å²) >= 11 is 0. The normalized spacial score (nSPS) is 26.8. The van der Waals surface area contributed by atoms with Crippen molar-refractivity contribution in [3.8, 4) is 0 Å². The summed E-state index contributed by atoms with van der Waals surface area (Å²) in [5, 5.41) is 0. The highest BCUT2D eigenvalue weighted by atomic mass is 16.6. The van der Waals surface area contributed by atoms with Crippen LogP contribution in [0.3, 0.4) is 0 Å². The average Bonchev–Trinajstić information content (AvgIpc) is 2.84. The molecule has 1 aromatic carbocycles. The molecule has 0 radical (unpaired) electrons. The quantitative estimate of drug-likeness (QED) is 0.526. The maximum Gasteiger partial charge on any atom is 0.346 e. The third-order valence-corrected chi connectivity index (χ3v) is 4.28. The Balaban J connectivity index is 1.83. The van der Waals surface area contributed by atoms with E-state index in [1.165, 1.54) is 0 Å². The van der Waals surface area contributed by atoms with E-state index in [0.717, 1.165) is 11.1 Å². The van der Waals surface area contributed by atoms with Crippen LogP contribution in [0.15, 0.2) is 24.5 Å². The number of esters is 3. The SMILES string of the molecule is C=C1OC(=O)C2Cc3cc4c(cc3CC12)C(=O)OC4=O. The molecule has 20 heavy (non-hydrogen) atoms. The summed E-state index contributed by atoms with van der Waals surface area (Å²) in [5.74, 6) is -1.27. The standard InChI is InChI=1S/C15H10O5/c1-6-9-2-7-4-11-12(15(18)20-14(11)17)5-8(7)3-10(9)13(16)19-6/h4-5,9-10H,1-3H2. The van der Waals surface area contributed by atoms with E-state index in [0.29, 0.717) is 24.2 Å². The van der Waals surface area contributed by atoms with E-state index in [4.69, 9.17) is 4.74 Å². The minimum Gasteiger partial charge on any atom is -0.431 e. The van der Waals surface area contributed by atoms with Crippen LogP contribution >= 0.6 is 0 Å². The summed E-state index contributed by atoms with van der Waals surface area (Å²) in [6.45, 7) is 3.77. The fourth-order valence-electron chi connectivity index (χ4n) is 3.23. The van der Waals surface area contributed by atoms with E-state index in [9.17, 15) is 14.4 Å². The zero-order chi connectivity index (χ0) is 14.0. The maximum absolute atomic E-state index is 11.8. The van der Waals surface area contributed by atoms with Gasteiger partial charge in [-0.3, -0.25) is 4.79 Å². The molecule has 2 unspecified atom stereocenters. The highest BCUT2D eigenvalue weighted by Gasteiger charge is 2.44. The van der Waals surface area contributed by atoms with Crippen molar-refractivity contribution in [1.82, 2.24) is 0 Å². The number of cyclic esters (lactones) is 3. The van der Waals surface area contributed by atoms with E-state index in [1.54, 1.807) is 12.1 Å². The summed E-state index contributed by atoms with van der Waals surface area (Å²) in [5.41, 5.74) is 2.46. The topological polar surface area (TPSA) is 69.7 Å². The van der Waals surface area contributed by atoms with Gasteiger partial charge >= 0.3 is 17.9 Å². The molecular weight excluding hydrogens is 260 g/mol. The van der Waals surface area contributed by atoms with Gasteiger partial charge in [-0.15, -0.1) is 0 Å². The van der Waals surface area contributed by atoms with Crippen LogP contribution in [-0.2, 0) is 27.1 Å². The van der Waals surface area contributed by atoms with Gasteiger partial charge in [-0.2, -0.15) is 0 Å². The zero-order valence-corrected chi connectivity index (χ0v) is 10.5. The van der Waals surface area contributed by atoms with Gasteiger partial charge in [0.1, 0.15) is 5.76 Å². The van der Waals surface area contributed by atoms with Crippen molar-refractivity contribution < 1.29 is 23.9 Å². The Hall–Kier alpha value is -2.43. The number of rotatable bonds is 0. The van der Waals surface area contributed by atoms with Crippen LogP contribution in [0.25, 0.3) is 0 Å². The largest absolute Gasteiger partial charge is 0.431 e. The third kappa shape index (κ3) is 1.35. The van der Waals surface area contributed by atoms with Crippen molar-refractivity contribution in [3.63, 3.8) is 0 Å². The summed E-state index contributed by atoms with van der Waals surface area (Å²) in [6, 6.07) is 3.37. The lowest BCUT2D eigenvalue weighted by atomic mass is 9.75. The predicted molar refractivity (Wildman–Crippen MR) is 65.8 cm³/mol. The summed E-state index contributed by atoms with van der Waals surface area (Å²) in [6.07, 6.45) is 1.10. The van der Waals surface area contributed by atoms with Crippen molar-refractivity contribution in [2.75, 3.05) is 0 Å². The van der Waals surface area contributed by atoms with Crippen LogP contribution in [-0.4, -0.2) is 17.9 Å². The highest BCUT2D eigenvalue weighted by molar-refractivity contribution is 6.14. The highest BCUT2D eigenvalue weighted by Crippen LogP contribution is 2.41. The smallest absolute Gasteiger partial charge is 0.346 e.